The second-order valence-electron chi connectivity index (χ2n) is 5.38. The van der Waals surface area contributed by atoms with E-state index in [0.717, 1.165) is 19.5 Å². The molecule has 0 saturated carbocycles. The number of hydrogen-bond acceptors (Lipinski definition) is 5. The molecule has 0 radical (unpaired) electrons. The van der Waals surface area contributed by atoms with E-state index in [1.807, 2.05) is 6.92 Å². The Morgan fingerprint density at radius 2 is 2.00 bits per heavy atom. The average molecular weight is 350 g/mol. The van der Waals surface area contributed by atoms with Crippen LogP contribution in [-0.4, -0.2) is 32.5 Å². The number of sulfonamides is 1. The first-order chi connectivity index (χ1) is 9.87. The lowest BCUT2D eigenvalue weighted by atomic mass is 9.97. The zero-order chi connectivity index (χ0) is 15.5. The third-order valence-corrected chi connectivity index (χ3v) is 5.00. The van der Waals surface area contributed by atoms with Crippen molar-refractivity contribution in [3.63, 3.8) is 0 Å². The summed E-state index contributed by atoms with van der Waals surface area (Å²) in [7, 11) is -3.45. The van der Waals surface area contributed by atoms with Crippen molar-refractivity contribution >= 4 is 28.1 Å². The van der Waals surface area contributed by atoms with E-state index in [0.29, 0.717) is 5.56 Å². The summed E-state index contributed by atoms with van der Waals surface area (Å²) in [6.07, 6.45) is 0.765. The molecule has 1 aromatic rings. The number of benzene rings is 1. The molecular weight excluding hydrogens is 330 g/mol. The Bertz CT molecular complexity index is 606. The van der Waals surface area contributed by atoms with Crippen LogP contribution in [0.1, 0.15) is 18.9 Å². The summed E-state index contributed by atoms with van der Waals surface area (Å²) in [6.45, 7) is 3.60. The predicted octanol–water partition coefficient (Wildman–Crippen LogP) is 1.43. The number of piperidine rings is 1. The first kappa shape index (κ1) is 18.8. The highest BCUT2D eigenvalue weighted by Crippen LogP contribution is 2.16. The molecule has 22 heavy (non-hydrogen) atoms. The van der Waals surface area contributed by atoms with Gasteiger partial charge in [-0.3, -0.25) is 10.1 Å². The molecule has 2 N–H and O–H groups in total. The number of halogens is 1. The Kier molecular flexibility index (Phi) is 6.73. The number of hydrogen-bond donors (Lipinski definition) is 2. The quantitative estimate of drug-likeness (QED) is 0.618. The zero-order valence-electron chi connectivity index (χ0n) is 12.2. The van der Waals surface area contributed by atoms with Gasteiger partial charge in [0.1, 0.15) is 0 Å². The molecule has 1 aliphatic heterocycles. The number of nitro groups is 1. The highest BCUT2D eigenvalue weighted by atomic mass is 35.5. The maximum atomic E-state index is 12.2. The SMILES string of the molecule is CC1CNCCC1NS(=O)(=O)Cc1ccc([N+](=O)[O-])cc1.Cl. The van der Waals surface area contributed by atoms with Crippen molar-refractivity contribution < 1.29 is 13.3 Å². The minimum absolute atomic E-state index is 0. The minimum atomic E-state index is -3.45. The first-order valence-electron chi connectivity index (χ1n) is 6.81. The minimum Gasteiger partial charge on any atom is -0.316 e. The maximum Gasteiger partial charge on any atom is 0.269 e. The molecule has 2 atom stereocenters. The normalized spacial score (nSPS) is 21.9. The molecule has 0 aromatic heterocycles. The van der Waals surface area contributed by atoms with Gasteiger partial charge in [0.25, 0.3) is 5.69 Å². The standard InChI is InChI=1S/C13H19N3O4S.ClH/c1-10-8-14-7-6-13(10)15-21(19,20)9-11-2-4-12(5-3-11)16(17)18;/h2-5,10,13-15H,6-9H2,1H3;1H. The highest BCUT2D eigenvalue weighted by Gasteiger charge is 2.25. The van der Waals surface area contributed by atoms with E-state index >= 15 is 0 Å². The fourth-order valence-electron chi connectivity index (χ4n) is 2.39. The van der Waals surface area contributed by atoms with Crippen LogP contribution in [0.4, 0.5) is 5.69 Å². The van der Waals surface area contributed by atoms with E-state index in [1.165, 1.54) is 24.3 Å². The van der Waals surface area contributed by atoms with Crippen LogP contribution in [-0.2, 0) is 15.8 Å². The molecule has 9 heteroatoms. The van der Waals surface area contributed by atoms with Crippen LogP contribution < -0.4 is 10.0 Å². The van der Waals surface area contributed by atoms with Crippen molar-refractivity contribution in [2.24, 2.45) is 5.92 Å². The molecule has 0 spiro atoms. The van der Waals surface area contributed by atoms with Crippen LogP contribution in [0, 0.1) is 16.0 Å². The van der Waals surface area contributed by atoms with Gasteiger partial charge >= 0.3 is 0 Å². The van der Waals surface area contributed by atoms with Gasteiger partial charge in [-0.2, -0.15) is 0 Å². The van der Waals surface area contributed by atoms with E-state index in [9.17, 15) is 18.5 Å². The van der Waals surface area contributed by atoms with Gasteiger partial charge in [0, 0.05) is 18.2 Å². The molecule has 1 fully saturated rings. The number of nitrogens with one attached hydrogen (secondary N) is 2. The summed E-state index contributed by atoms with van der Waals surface area (Å²) in [5.41, 5.74) is 0.491. The first-order valence-corrected chi connectivity index (χ1v) is 8.47. The van der Waals surface area contributed by atoms with Crippen molar-refractivity contribution in [3.05, 3.63) is 39.9 Å². The van der Waals surface area contributed by atoms with Gasteiger partial charge in [-0.1, -0.05) is 19.1 Å². The van der Waals surface area contributed by atoms with E-state index in [2.05, 4.69) is 10.0 Å². The monoisotopic (exact) mass is 349 g/mol. The summed E-state index contributed by atoms with van der Waals surface area (Å²) < 4.78 is 27.1. The molecule has 124 valence electrons. The summed E-state index contributed by atoms with van der Waals surface area (Å²) in [5.74, 6) is 0.0761. The fraction of sp³-hybridized carbons (Fsp3) is 0.538. The van der Waals surface area contributed by atoms with Crippen LogP contribution in [0.2, 0.25) is 0 Å². The lowest BCUT2D eigenvalue weighted by Crippen LogP contribution is -2.48. The Hall–Kier alpha value is -1.22. The molecule has 1 aliphatic rings. The van der Waals surface area contributed by atoms with Gasteiger partial charge in [-0.05, 0) is 31.0 Å². The van der Waals surface area contributed by atoms with Gasteiger partial charge in [0.05, 0.1) is 10.7 Å². The third-order valence-electron chi connectivity index (χ3n) is 3.62. The van der Waals surface area contributed by atoms with Crippen LogP contribution in [0.3, 0.4) is 0 Å². The van der Waals surface area contributed by atoms with Crippen molar-refractivity contribution in [2.75, 3.05) is 13.1 Å². The highest BCUT2D eigenvalue weighted by molar-refractivity contribution is 7.88. The van der Waals surface area contributed by atoms with Crippen LogP contribution in [0.15, 0.2) is 24.3 Å². The molecule has 7 nitrogen and oxygen atoms in total. The third kappa shape index (κ3) is 5.20. The van der Waals surface area contributed by atoms with E-state index < -0.39 is 14.9 Å². The van der Waals surface area contributed by atoms with Crippen LogP contribution in [0.25, 0.3) is 0 Å². The molecule has 2 unspecified atom stereocenters. The molecule has 0 bridgehead atoms. The molecule has 2 rings (SSSR count). The van der Waals surface area contributed by atoms with E-state index in [-0.39, 0.29) is 35.8 Å². The smallest absolute Gasteiger partial charge is 0.269 e. The summed E-state index contributed by atoms with van der Waals surface area (Å²) >= 11 is 0. The molecule has 1 saturated heterocycles. The Balaban J connectivity index is 0.00000242. The second kappa shape index (κ2) is 7.87. The fourth-order valence-corrected chi connectivity index (χ4v) is 3.92. The molecule has 1 aromatic carbocycles. The number of rotatable bonds is 5. The van der Waals surface area contributed by atoms with E-state index in [1.54, 1.807) is 0 Å². The zero-order valence-corrected chi connectivity index (χ0v) is 13.8. The number of nitrogens with zero attached hydrogens (tertiary/aromatic N) is 1. The van der Waals surface area contributed by atoms with Crippen LogP contribution >= 0.6 is 12.4 Å². The summed E-state index contributed by atoms with van der Waals surface area (Å²) in [6, 6.07) is 5.52. The van der Waals surface area contributed by atoms with Crippen LogP contribution in [0.5, 0.6) is 0 Å². The van der Waals surface area contributed by atoms with Crippen molar-refractivity contribution in [1.82, 2.24) is 10.0 Å². The topological polar surface area (TPSA) is 101 Å². The summed E-state index contributed by atoms with van der Waals surface area (Å²) in [4.78, 5) is 10.1. The lowest BCUT2D eigenvalue weighted by molar-refractivity contribution is -0.384. The molecule has 1 heterocycles. The van der Waals surface area contributed by atoms with Gasteiger partial charge in [-0.25, -0.2) is 13.1 Å². The molecule has 0 aliphatic carbocycles. The lowest BCUT2D eigenvalue weighted by Gasteiger charge is -2.29. The average Bonchev–Trinajstić information content (AvgIpc) is 2.41. The Labute approximate surface area is 136 Å². The number of nitro benzene ring substituents is 1. The van der Waals surface area contributed by atoms with Crippen molar-refractivity contribution in [1.29, 1.82) is 0 Å². The Morgan fingerprint density at radius 1 is 1.36 bits per heavy atom. The summed E-state index contributed by atoms with van der Waals surface area (Å²) in [5, 5.41) is 13.8. The maximum absolute atomic E-state index is 12.2. The van der Waals surface area contributed by atoms with Gasteiger partial charge in [0.15, 0.2) is 0 Å². The second-order valence-corrected chi connectivity index (χ2v) is 7.13. The van der Waals surface area contributed by atoms with Gasteiger partial charge < -0.3 is 5.32 Å². The van der Waals surface area contributed by atoms with Crippen molar-refractivity contribution in [2.45, 2.75) is 25.1 Å². The largest absolute Gasteiger partial charge is 0.316 e. The van der Waals surface area contributed by atoms with Gasteiger partial charge in [-0.15, -0.1) is 12.4 Å². The predicted molar refractivity (Wildman–Crippen MR) is 86.5 cm³/mol. The number of non-ortho nitro benzene ring substituents is 1. The van der Waals surface area contributed by atoms with Gasteiger partial charge in [0.2, 0.25) is 10.0 Å². The Morgan fingerprint density at radius 3 is 2.55 bits per heavy atom. The molecular formula is C13H20ClN3O4S. The molecule has 0 amide bonds. The van der Waals surface area contributed by atoms with Crippen molar-refractivity contribution in [3.8, 4) is 0 Å². The van der Waals surface area contributed by atoms with E-state index in [4.69, 9.17) is 0 Å².